The largest absolute Gasteiger partial charge is 0.573 e. The number of halogens is 4. The molecular weight excluding hydrogens is 529 g/mol. The molecule has 0 spiro atoms. The van der Waals surface area contributed by atoms with E-state index in [1.807, 2.05) is 17.7 Å². The van der Waals surface area contributed by atoms with Crippen molar-refractivity contribution >= 4 is 34.2 Å². The van der Waals surface area contributed by atoms with Crippen molar-refractivity contribution < 1.29 is 27.4 Å². The van der Waals surface area contributed by atoms with Gasteiger partial charge < -0.3 is 18.9 Å². The summed E-state index contributed by atoms with van der Waals surface area (Å²) in [6.07, 6.45) is 0.243. The summed E-state index contributed by atoms with van der Waals surface area (Å²) in [5.74, 6) is 0.356. The van der Waals surface area contributed by atoms with E-state index in [0.717, 1.165) is 66.7 Å². The molecule has 2 fully saturated rings. The first-order chi connectivity index (χ1) is 18.5. The third kappa shape index (κ3) is 6.06. The molecule has 0 bridgehead atoms. The number of methoxy groups -OCH3 is 1. The summed E-state index contributed by atoms with van der Waals surface area (Å²) < 4.78 is 49.1. The lowest BCUT2D eigenvalue weighted by Gasteiger charge is -2.35. The molecule has 1 saturated heterocycles. The SMILES string of the molecule is C=C(c1ccc(C2CC2)c(Cc2cc3ccc(OC(F)(F)F)cc3n2C)c1Cl)N1CCC(CC(=O)OC)CC1. The lowest BCUT2D eigenvalue weighted by Crippen LogP contribution is -2.33. The number of esters is 1. The second-order valence-corrected chi connectivity index (χ2v) is 10.9. The number of aryl methyl sites for hydroxylation is 1. The lowest BCUT2D eigenvalue weighted by molar-refractivity contribution is -0.274. The number of carbonyl (C=O) groups is 1. The lowest BCUT2D eigenvalue weighted by atomic mass is 9.92. The van der Waals surface area contributed by atoms with Crippen LogP contribution in [0.15, 0.2) is 43.0 Å². The minimum Gasteiger partial charge on any atom is -0.469 e. The molecule has 1 aromatic heterocycles. The van der Waals surface area contributed by atoms with Gasteiger partial charge in [0.1, 0.15) is 5.75 Å². The summed E-state index contributed by atoms with van der Waals surface area (Å²) in [7, 11) is 3.27. The van der Waals surface area contributed by atoms with Crippen molar-refractivity contribution in [3.05, 3.63) is 70.4 Å². The van der Waals surface area contributed by atoms with Gasteiger partial charge in [-0.05, 0) is 66.8 Å². The molecule has 2 heterocycles. The van der Waals surface area contributed by atoms with Crippen molar-refractivity contribution in [2.75, 3.05) is 20.2 Å². The van der Waals surface area contributed by atoms with Crippen LogP contribution >= 0.6 is 11.6 Å². The Labute approximate surface area is 231 Å². The maximum absolute atomic E-state index is 12.8. The van der Waals surface area contributed by atoms with Crippen LogP contribution in [0.3, 0.4) is 0 Å². The van der Waals surface area contributed by atoms with Gasteiger partial charge >= 0.3 is 12.3 Å². The molecule has 1 saturated carbocycles. The van der Waals surface area contributed by atoms with Gasteiger partial charge in [-0.3, -0.25) is 4.79 Å². The van der Waals surface area contributed by atoms with E-state index >= 15 is 0 Å². The van der Waals surface area contributed by atoms with E-state index in [9.17, 15) is 18.0 Å². The topological polar surface area (TPSA) is 43.7 Å². The fourth-order valence-electron chi connectivity index (χ4n) is 5.63. The first kappa shape index (κ1) is 27.4. The molecule has 3 aromatic rings. The summed E-state index contributed by atoms with van der Waals surface area (Å²) in [4.78, 5) is 13.9. The first-order valence-electron chi connectivity index (χ1n) is 13.2. The van der Waals surface area contributed by atoms with Gasteiger partial charge in [-0.2, -0.15) is 0 Å². The number of hydrogen-bond acceptors (Lipinski definition) is 4. The van der Waals surface area contributed by atoms with Crippen molar-refractivity contribution in [1.82, 2.24) is 9.47 Å². The Balaban J connectivity index is 1.40. The highest BCUT2D eigenvalue weighted by molar-refractivity contribution is 6.33. The monoisotopic (exact) mass is 560 g/mol. The first-order valence-corrected chi connectivity index (χ1v) is 13.6. The Morgan fingerprint density at radius 2 is 1.82 bits per heavy atom. The molecule has 2 aliphatic rings. The number of benzene rings is 2. The molecule has 0 N–H and O–H groups in total. The van der Waals surface area contributed by atoms with Crippen LogP contribution in [0.25, 0.3) is 16.6 Å². The molecule has 0 amide bonds. The highest BCUT2D eigenvalue weighted by atomic mass is 35.5. The predicted octanol–water partition coefficient (Wildman–Crippen LogP) is 7.44. The van der Waals surface area contributed by atoms with Gasteiger partial charge in [0.2, 0.25) is 0 Å². The summed E-state index contributed by atoms with van der Waals surface area (Å²) >= 11 is 7.11. The van der Waals surface area contributed by atoms with Gasteiger partial charge in [-0.15, -0.1) is 13.2 Å². The smallest absolute Gasteiger partial charge is 0.469 e. The minimum atomic E-state index is -4.74. The fraction of sp³-hybridized carbons (Fsp3) is 0.433. The van der Waals surface area contributed by atoms with Crippen molar-refractivity contribution in [3.8, 4) is 5.75 Å². The third-order valence-corrected chi connectivity index (χ3v) is 8.43. The van der Waals surface area contributed by atoms with Crippen LogP contribution in [0.4, 0.5) is 13.2 Å². The van der Waals surface area contributed by atoms with Gasteiger partial charge in [-0.25, -0.2) is 0 Å². The number of hydrogen-bond donors (Lipinski definition) is 0. The van der Waals surface area contributed by atoms with Crippen molar-refractivity contribution in [3.63, 3.8) is 0 Å². The molecule has 0 radical (unpaired) electrons. The molecule has 0 atom stereocenters. The maximum atomic E-state index is 12.8. The predicted molar refractivity (Wildman–Crippen MR) is 146 cm³/mol. The number of carbonyl (C=O) groups excluding carboxylic acids is 1. The quantitative estimate of drug-likeness (QED) is 0.268. The van der Waals surface area contributed by atoms with Crippen LogP contribution in [0, 0.1) is 5.92 Å². The Bertz CT molecular complexity index is 1400. The average molecular weight is 561 g/mol. The number of fused-ring (bicyclic) bond motifs is 1. The molecule has 1 aliphatic heterocycles. The summed E-state index contributed by atoms with van der Waals surface area (Å²) in [6.45, 7) is 5.97. The minimum absolute atomic E-state index is 0.173. The summed E-state index contributed by atoms with van der Waals surface area (Å²) in [6, 6.07) is 10.6. The van der Waals surface area contributed by atoms with E-state index in [0.29, 0.717) is 35.2 Å². The van der Waals surface area contributed by atoms with Crippen LogP contribution in [0.1, 0.15) is 60.4 Å². The normalized spacial score (nSPS) is 16.5. The van der Waals surface area contributed by atoms with E-state index in [1.165, 1.54) is 24.8 Å². The number of alkyl halides is 3. The zero-order valence-corrected chi connectivity index (χ0v) is 22.9. The van der Waals surface area contributed by atoms with E-state index in [2.05, 4.69) is 28.3 Å². The molecular formula is C30H32ClF3N2O3. The molecule has 208 valence electrons. The Morgan fingerprint density at radius 3 is 2.46 bits per heavy atom. The number of ether oxygens (including phenoxy) is 2. The molecule has 0 unspecified atom stereocenters. The van der Waals surface area contributed by atoms with Gasteiger partial charge in [0.05, 0.1) is 17.6 Å². The Kier molecular flexibility index (Phi) is 7.60. The van der Waals surface area contributed by atoms with Crippen molar-refractivity contribution in [2.45, 2.75) is 50.8 Å². The van der Waals surface area contributed by atoms with Crippen LogP contribution < -0.4 is 4.74 Å². The number of aromatic nitrogens is 1. The zero-order chi connectivity index (χ0) is 27.9. The second-order valence-electron chi connectivity index (χ2n) is 10.6. The van der Waals surface area contributed by atoms with E-state index in [-0.39, 0.29) is 11.7 Å². The average Bonchev–Trinajstić information content (AvgIpc) is 3.69. The van der Waals surface area contributed by atoms with E-state index in [1.54, 1.807) is 6.07 Å². The number of nitrogens with zero attached hydrogens (tertiary/aromatic N) is 2. The van der Waals surface area contributed by atoms with Crippen molar-refractivity contribution in [1.29, 1.82) is 0 Å². The maximum Gasteiger partial charge on any atom is 0.573 e. The summed E-state index contributed by atoms with van der Waals surface area (Å²) in [5.41, 5.74) is 5.62. The molecule has 9 heteroatoms. The molecule has 2 aromatic carbocycles. The van der Waals surface area contributed by atoms with Crippen molar-refractivity contribution in [2.24, 2.45) is 13.0 Å². The standard InChI is InChI=1S/C30H32ClF3N2O3/c1-18(36-12-10-19(11-13-36)14-28(37)38-3)24-8-9-25(20-4-5-20)26(29(24)31)16-22-15-21-6-7-23(39-30(32,33)34)17-27(21)35(22)2/h6-9,15,17,19-20H,1,4-5,10-14,16H2,2-3H3. The molecule has 5 rings (SSSR count). The summed E-state index contributed by atoms with van der Waals surface area (Å²) in [5, 5.41) is 1.51. The number of rotatable bonds is 8. The number of likely N-dealkylation sites (tertiary alicyclic amines) is 1. The highest BCUT2D eigenvalue weighted by Crippen LogP contribution is 2.46. The Hall–Kier alpha value is -3.13. The Morgan fingerprint density at radius 1 is 1.10 bits per heavy atom. The van der Waals surface area contributed by atoms with Gasteiger partial charge in [0.15, 0.2) is 0 Å². The molecule has 39 heavy (non-hydrogen) atoms. The van der Waals surface area contributed by atoms with Crippen LogP contribution in [0.5, 0.6) is 5.75 Å². The van der Waals surface area contributed by atoms with Gasteiger partial charge in [0, 0.05) is 61.4 Å². The van der Waals surface area contributed by atoms with Crippen LogP contribution in [-0.2, 0) is 23.0 Å². The van der Waals surface area contributed by atoms with Crippen LogP contribution in [0.2, 0.25) is 5.02 Å². The molecule has 1 aliphatic carbocycles. The van der Waals surface area contributed by atoms with E-state index < -0.39 is 6.36 Å². The molecule has 5 nitrogen and oxygen atoms in total. The third-order valence-electron chi connectivity index (χ3n) is 7.99. The highest BCUT2D eigenvalue weighted by Gasteiger charge is 2.32. The van der Waals surface area contributed by atoms with Gasteiger partial charge in [0.25, 0.3) is 0 Å². The number of piperidine rings is 1. The van der Waals surface area contributed by atoms with Crippen LogP contribution in [-0.4, -0.2) is 42.0 Å². The second kappa shape index (κ2) is 10.8. The zero-order valence-electron chi connectivity index (χ0n) is 22.1. The van der Waals surface area contributed by atoms with Gasteiger partial charge in [-0.1, -0.05) is 30.3 Å². The fourth-order valence-corrected chi connectivity index (χ4v) is 5.97. The van der Waals surface area contributed by atoms with E-state index in [4.69, 9.17) is 16.3 Å².